The molecule has 170 valence electrons. The van der Waals surface area contributed by atoms with Gasteiger partial charge in [-0.25, -0.2) is 13.8 Å². The minimum Gasteiger partial charge on any atom is -0.396 e. The highest BCUT2D eigenvalue weighted by molar-refractivity contribution is 7.14. The summed E-state index contributed by atoms with van der Waals surface area (Å²) in [4.78, 5) is 9.57. The van der Waals surface area contributed by atoms with Gasteiger partial charge >= 0.3 is 0 Å². The summed E-state index contributed by atoms with van der Waals surface area (Å²) in [5.41, 5.74) is 2.28. The maximum atomic E-state index is 14.7. The molecule has 0 atom stereocenters. The van der Waals surface area contributed by atoms with Gasteiger partial charge in [-0.2, -0.15) is 0 Å². The summed E-state index contributed by atoms with van der Waals surface area (Å²) < 4.78 is 29.3. The van der Waals surface area contributed by atoms with Gasteiger partial charge in [-0.15, -0.1) is 11.3 Å². The molecule has 1 N–H and O–H groups in total. The number of benzene rings is 1. The summed E-state index contributed by atoms with van der Waals surface area (Å²) in [5.74, 6) is -2.77. The summed E-state index contributed by atoms with van der Waals surface area (Å²) >= 11 is 1.59. The van der Waals surface area contributed by atoms with Gasteiger partial charge in [-0.05, 0) is 49.3 Å². The SMILES string of the molecule is CC1(C)CCC(F)(F)c2cc(-c3csc(N4CCN(CCCCCO)CC4)n3)ccc21. The van der Waals surface area contributed by atoms with E-state index in [1.807, 2.05) is 31.4 Å². The van der Waals surface area contributed by atoms with Crippen LogP contribution < -0.4 is 4.90 Å². The molecule has 4 rings (SSSR count). The molecule has 1 saturated heterocycles. The molecule has 2 aromatic rings. The second-order valence-corrected chi connectivity index (χ2v) is 10.3. The second kappa shape index (κ2) is 9.12. The quantitative estimate of drug-likeness (QED) is 0.586. The van der Waals surface area contributed by atoms with Crippen LogP contribution in [0.2, 0.25) is 0 Å². The topological polar surface area (TPSA) is 39.6 Å². The minimum absolute atomic E-state index is 0.0942. The lowest BCUT2D eigenvalue weighted by Crippen LogP contribution is -2.46. The third-order valence-electron chi connectivity index (χ3n) is 6.77. The lowest BCUT2D eigenvalue weighted by Gasteiger charge is -2.37. The van der Waals surface area contributed by atoms with Gasteiger partial charge < -0.3 is 10.0 Å². The van der Waals surface area contributed by atoms with Crippen molar-refractivity contribution in [3.05, 3.63) is 34.7 Å². The minimum atomic E-state index is -2.77. The lowest BCUT2D eigenvalue weighted by molar-refractivity contribution is -0.0306. The van der Waals surface area contributed by atoms with Gasteiger partial charge in [0.05, 0.1) is 5.69 Å². The number of halogens is 2. The van der Waals surface area contributed by atoms with Gasteiger partial charge in [0.25, 0.3) is 5.92 Å². The maximum absolute atomic E-state index is 14.7. The van der Waals surface area contributed by atoms with Crippen molar-refractivity contribution in [2.24, 2.45) is 0 Å². The fourth-order valence-corrected chi connectivity index (χ4v) is 5.55. The largest absolute Gasteiger partial charge is 0.396 e. The van der Waals surface area contributed by atoms with Crippen LogP contribution in [-0.4, -0.2) is 54.3 Å². The number of piperazine rings is 1. The molecule has 0 unspecified atom stereocenters. The molecule has 0 radical (unpaired) electrons. The molecule has 4 nitrogen and oxygen atoms in total. The molecule has 1 aromatic heterocycles. The van der Waals surface area contributed by atoms with Gasteiger partial charge in [0, 0.05) is 55.7 Å². The average molecular weight is 450 g/mol. The zero-order valence-corrected chi connectivity index (χ0v) is 19.4. The molecule has 1 aliphatic carbocycles. The van der Waals surface area contributed by atoms with Crippen molar-refractivity contribution in [1.82, 2.24) is 9.88 Å². The zero-order chi connectivity index (χ0) is 22.1. The third kappa shape index (κ3) is 4.94. The number of fused-ring (bicyclic) bond motifs is 1. The fourth-order valence-electron chi connectivity index (χ4n) is 4.66. The number of nitrogens with zero attached hydrogens (tertiary/aromatic N) is 3. The molecule has 7 heteroatoms. The molecule has 2 heterocycles. The fraction of sp³-hybridized carbons (Fsp3) is 0.625. The van der Waals surface area contributed by atoms with E-state index in [2.05, 4.69) is 9.80 Å². The van der Waals surface area contributed by atoms with Crippen LogP contribution >= 0.6 is 11.3 Å². The molecule has 0 saturated carbocycles. The van der Waals surface area contributed by atoms with Crippen LogP contribution in [0.25, 0.3) is 11.3 Å². The predicted molar refractivity (Wildman–Crippen MR) is 123 cm³/mol. The van der Waals surface area contributed by atoms with E-state index in [1.54, 1.807) is 17.4 Å². The van der Waals surface area contributed by atoms with Crippen molar-refractivity contribution in [3.8, 4) is 11.3 Å². The van der Waals surface area contributed by atoms with Gasteiger partial charge in [0.2, 0.25) is 0 Å². The molecule has 1 aromatic carbocycles. The van der Waals surface area contributed by atoms with E-state index in [0.29, 0.717) is 6.42 Å². The smallest absolute Gasteiger partial charge is 0.273 e. The molecule has 2 aliphatic rings. The normalized spacial score (nSPS) is 20.6. The third-order valence-corrected chi connectivity index (χ3v) is 7.67. The van der Waals surface area contributed by atoms with Gasteiger partial charge in [-0.1, -0.05) is 26.0 Å². The van der Waals surface area contributed by atoms with Crippen molar-refractivity contribution in [3.63, 3.8) is 0 Å². The number of aromatic nitrogens is 1. The van der Waals surface area contributed by atoms with Crippen LogP contribution in [0.1, 0.15) is 57.1 Å². The number of rotatable bonds is 7. The van der Waals surface area contributed by atoms with E-state index < -0.39 is 5.92 Å². The second-order valence-electron chi connectivity index (χ2n) is 9.48. The summed E-state index contributed by atoms with van der Waals surface area (Å²) in [5, 5.41) is 11.9. The van der Waals surface area contributed by atoms with Gasteiger partial charge in [0.1, 0.15) is 0 Å². The van der Waals surface area contributed by atoms with Crippen molar-refractivity contribution in [2.75, 3.05) is 44.2 Å². The Hall–Kier alpha value is -1.57. The Balaban J connectivity index is 1.43. The highest BCUT2D eigenvalue weighted by Crippen LogP contribution is 2.48. The molecule has 0 amide bonds. The van der Waals surface area contributed by atoms with Crippen LogP contribution in [0.5, 0.6) is 0 Å². The Morgan fingerprint density at radius 1 is 1.03 bits per heavy atom. The summed E-state index contributed by atoms with van der Waals surface area (Å²) in [6, 6.07) is 5.50. The van der Waals surface area contributed by atoms with Gasteiger partial charge in [-0.3, -0.25) is 4.90 Å². The van der Waals surface area contributed by atoms with E-state index >= 15 is 0 Å². The Kier molecular flexibility index (Phi) is 6.65. The number of alkyl halides is 2. The molecule has 1 aliphatic heterocycles. The summed E-state index contributed by atoms with van der Waals surface area (Å²) in [6.07, 6.45) is 3.49. The van der Waals surface area contributed by atoms with Crippen LogP contribution in [-0.2, 0) is 11.3 Å². The number of unbranched alkanes of at least 4 members (excludes halogenated alkanes) is 2. The first-order valence-electron chi connectivity index (χ1n) is 11.4. The first-order valence-corrected chi connectivity index (χ1v) is 12.2. The van der Waals surface area contributed by atoms with Crippen LogP contribution in [0.4, 0.5) is 13.9 Å². The van der Waals surface area contributed by atoms with Crippen LogP contribution in [0.3, 0.4) is 0 Å². The molecule has 1 fully saturated rings. The number of anilines is 1. The van der Waals surface area contributed by atoms with E-state index in [4.69, 9.17) is 10.1 Å². The Bertz CT molecular complexity index is 891. The summed E-state index contributed by atoms with van der Waals surface area (Å²) in [7, 11) is 0. The van der Waals surface area contributed by atoms with Crippen molar-refractivity contribution in [2.45, 2.75) is 57.3 Å². The number of aliphatic hydroxyl groups is 1. The molecule has 31 heavy (non-hydrogen) atoms. The van der Waals surface area contributed by atoms with Crippen molar-refractivity contribution >= 4 is 16.5 Å². The molecule has 0 bridgehead atoms. The standard InChI is InChI=1S/C24H33F2N3OS/c1-23(2)8-9-24(25,26)20-16-18(6-7-19(20)23)21-17-31-22(27-21)29-13-11-28(12-14-29)10-4-3-5-15-30/h6-7,16-17,30H,3-5,8-15H2,1-2H3. The first-order chi connectivity index (χ1) is 14.8. The van der Waals surface area contributed by atoms with Crippen LogP contribution in [0.15, 0.2) is 23.6 Å². The van der Waals surface area contributed by atoms with E-state index in [9.17, 15) is 8.78 Å². The maximum Gasteiger partial charge on any atom is 0.273 e. The molecule has 0 spiro atoms. The predicted octanol–water partition coefficient (Wildman–Crippen LogP) is 5.26. The van der Waals surface area contributed by atoms with Crippen LogP contribution in [0, 0.1) is 0 Å². The zero-order valence-electron chi connectivity index (χ0n) is 18.5. The van der Waals surface area contributed by atoms with Crippen molar-refractivity contribution < 1.29 is 13.9 Å². The van der Waals surface area contributed by atoms with E-state index in [-0.39, 0.29) is 24.0 Å². The first kappa shape index (κ1) is 22.6. The lowest BCUT2D eigenvalue weighted by atomic mass is 9.71. The molecular weight excluding hydrogens is 416 g/mol. The van der Waals surface area contributed by atoms with E-state index in [0.717, 1.165) is 73.9 Å². The Labute approximate surface area is 187 Å². The van der Waals surface area contributed by atoms with Crippen molar-refractivity contribution in [1.29, 1.82) is 0 Å². The summed E-state index contributed by atoms with van der Waals surface area (Å²) in [6.45, 7) is 9.34. The number of hydrogen-bond donors (Lipinski definition) is 1. The number of aliphatic hydroxyl groups excluding tert-OH is 1. The Morgan fingerprint density at radius 2 is 1.81 bits per heavy atom. The highest BCUT2D eigenvalue weighted by atomic mass is 32.1. The monoisotopic (exact) mass is 449 g/mol. The number of thiazole rings is 1. The number of hydrogen-bond acceptors (Lipinski definition) is 5. The molecular formula is C24H33F2N3OS. The van der Waals surface area contributed by atoms with Gasteiger partial charge in [0.15, 0.2) is 5.13 Å². The van der Waals surface area contributed by atoms with E-state index in [1.165, 1.54) is 0 Å². The average Bonchev–Trinajstić information content (AvgIpc) is 3.25. The Morgan fingerprint density at radius 3 is 2.55 bits per heavy atom. The highest BCUT2D eigenvalue weighted by Gasteiger charge is 2.43.